The van der Waals surface area contributed by atoms with E-state index in [0.717, 1.165) is 0 Å². The molecule has 59 valence electrons. The Hall–Kier alpha value is 0.938. The summed E-state index contributed by atoms with van der Waals surface area (Å²) < 4.78 is 0. The average molecular weight is 330 g/mol. The molecule has 1 nitrogen and oxygen atoms in total. The minimum atomic E-state index is 0.536. The third-order valence-electron chi connectivity index (χ3n) is 1.65. The molecule has 1 fully saturated rings. The van der Waals surface area contributed by atoms with Crippen LogP contribution in [0, 0.1) is 0 Å². The van der Waals surface area contributed by atoms with Crippen molar-refractivity contribution in [2.24, 2.45) is 5.73 Å². The molecule has 1 aliphatic carbocycles. The Morgan fingerprint density at radius 2 is 1.56 bits per heavy atom. The average Bonchev–Trinajstić information content (AvgIpc) is 1.94. The molecule has 9 heavy (non-hydrogen) atoms. The Morgan fingerprint density at radius 1 is 1.11 bits per heavy atom. The summed E-state index contributed by atoms with van der Waals surface area (Å²) in [5.74, 6) is 0. The van der Waals surface area contributed by atoms with Crippen LogP contribution in [-0.4, -0.2) is 6.04 Å². The maximum absolute atomic E-state index is 5.63. The molecule has 0 aromatic heterocycles. The fourth-order valence-corrected chi connectivity index (χ4v) is 1.13. The predicted molar refractivity (Wildman–Crippen MR) is 36.9 cm³/mol. The molecule has 1 aliphatic rings. The van der Waals surface area contributed by atoms with Gasteiger partial charge in [-0.15, -0.1) is 0 Å². The third kappa shape index (κ3) is 5.39. The normalized spacial score (nSPS) is 20.4. The van der Waals surface area contributed by atoms with Gasteiger partial charge in [-0.25, -0.2) is 0 Å². The number of nitrogens with two attached hydrogens (primary N) is 1. The molecular weight excluding hydrogens is 317 g/mol. The first-order valence-corrected chi connectivity index (χ1v) is 6.08. The van der Waals surface area contributed by atoms with Crippen molar-refractivity contribution in [3.8, 4) is 0 Å². The van der Waals surface area contributed by atoms with E-state index in [-0.39, 0.29) is 0 Å². The van der Waals surface area contributed by atoms with Gasteiger partial charge in [-0.3, -0.25) is 0 Å². The second-order valence-electron chi connectivity index (χ2n) is 2.40. The molecule has 0 spiro atoms. The molecule has 3 heteroatoms. The second-order valence-corrected chi connectivity index (χ2v) is 2.40. The quantitative estimate of drug-likeness (QED) is 0.722. The van der Waals surface area contributed by atoms with Crippen molar-refractivity contribution >= 4 is 9.42 Å². The summed E-state index contributed by atoms with van der Waals surface area (Å²) in [7, 11) is 4.61. The van der Waals surface area contributed by atoms with Gasteiger partial charge in [0.15, 0.2) is 0 Å². The van der Waals surface area contributed by atoms with Gasteiger partial charge in [0.05, 0.1) is 0 Å². The van der Waals surface area contributed by atoms with Gasteiger partial charge >= 0.3 is 28.2 Å². The van der Waals surface area contributed by atoms with E-state index in [2.05, 4.69) is 9.42 Å². The summed E-state index contributed by atoms with van der Waals surface area (Å²) in [6.45, 7) is 0. The first-order chi connectivity index (χ1) is 4.39. The molecule has 0 atom stereocenters. The van der Waals surface area contributed by atoms with E-state index in [1.807, 2.05) is 0 Å². The van der Waals surface area contributed by atoms with E-state index >= 15 is 0 Å². The zero-order chi connectivity index (χ0) is 7.11. The van der Waals surface area contributed by atoms with Crippen LogP contribution in [0.1, 0.15) is 32.1 Å². The summed E-state index contributed by atoms with van der Waals surface area (Å²) in [6, 6.07) is 0.536. The molecule has 0 radical (unpaired) electrons. The van der Waals surface area contributed by atoms with Crippen molar-refractivity contribution in [3.05, 3.63) is 0 Å². The van der Waals surface area contributed by atoms with Crippen LogP contribution in [0.25, 0.3) is 0 Å². The minimum absolute atomic E-state index is 0.536. The number of hydrogen-bond acceptors (Lipinski definition) is 1. The summed E-state index contributed by atoms with van der Waals surface area (Å²) in [5, 5.41) is 0. The molecule has 0 amide bonds. The van der Waals surface area contributed by atoms with Crippen LogP contribution in [0.2, 0.25) is 0 Å². The topological polar surface area (TPSA) is 26.0 Å². The summed E-state index contributed by atoms with van der Waals surface area (Å²) in [5.41, 5.74) is 5.63. The van der Waals surface area contributed by atoms with Crippen molar-refractivity contribution in [1.29, 1.82) is 0 Å². The number of halogens is 1. The molecule has 1 saturated carbocycles. The van der Waals surface area contributed by atoms with Gasteiger partial charge in [-0.1, -0.05) is 19.3 Å². The van der Waals surface area contributed by atoms with Gasteiger partial charge in [-0.2, -0.15) is 0 Å². The standard InChI is InChI=1S/C6H13N.ClH.Pt/c7-6-4-2-1-3-5-6;;/h6H,1-5,7H2;1H;/q;;+1/p-1. The van der Waals surface area contributed by atoms with E-state index in [1.54, 1.807) is 18.8 Å². The van der Waals surface area contributed by atoms with E-state index in [9.17, 15) is 0 Å². The first kappa shape index (κ1) is 9.94. The van der Waals surface area contributed by atoms with Crippen molar-refractivity contribution in [2.75, 3.05) is 0 Å². The predicted octanol–water partition coefficient (Wildman–Crippen LogP) is 1.96. The Morgan fingerprint density at radius 3 is 1.78 bits per heavy atom. The Labute approximate surface area is 72.2 Å². The van der Waals surface area contributed by atoms with Crippen molar-refractivity contribution in [3.63, 3.8) is 0 Å². The van der Waals surface area contributed by atoms with E-state index in [4.69, 9.17) is 5.73 Å². The van der Waals surface area contributed by atoms with Crippen LogP contribution < -0.4 is 5.73 Å². The van der Waals surface area contributed by atoms with Gasteiger partial charge in [0, 0.05) is 6.04 Å². The van der Waals surface area contributed by atoms with E-state index in [0.29, 0.717) is 6.04 Å². The molecule has 0 aromatic carbocycles. The van der Waals surface area contributed by atoms with Gasteiger partial charge in [0.1, 0.15) is 0 Å². The van der Waals surface area contributed by atoms with Gasteiger partial charge < -0.3 is 5.73 Å². The molecule has 0 saturated heterocycles. The molecule has 0 bridgehead atoms. The SMILES string of the molecule is NC1CCCCC1.[Cl][Pt]. The van der Waals surface area contributed by atoms with Crippen LogP contribution in [0.4, 0.5) is 0 Å². The molecular formula is C6H13ClNPt. The van der Waals surface area contributed by atoms with Crippen LogP contribution in [-0.2, 0) is 18.8 Å². The Kier molecular flexibility index (Phi) is 7.79. The van der Waals surface area contributed by atoms with Crippen LogP contribution >= 0.6 is 9.42 Å². The second kappa shape index (κ2) is 7.05. The van der Waals surface area contributed by atoms with Gasteiger partial charge in [0.25, 0.3) is 0 Å². The summed E-state index contributed by atoms with van der Waals surface area (Å²) >= 11 is 1.61. The van der Waals surface area contributed by atoms with Crippen molar-refractivity contribution < 1.29 is 18.8 Å². The molecule has 0 unspecified atom stereocenters. The van der Waals surface area contributed by atoms with E-state index in [1.165, 1.54) is 32.1 Å². The molecule has 2 N–H and O–H groups in total. The third-order valence-corrected chi connectivity index (χ3v) is 1.65. The number of hydrogen-bond donors (Lipinski definition) is 1. The van der Waals surface area contributed by atoms with Crippen molar-refractivity contribution in [1.82, 2.24) is 0 Å². The van der Waals surface area contributed by atoms with E-state index < -0.39 is 0 Å². The molecule has 0 aromatic rings. The zero-order valence-corrected chi connectivity index (χ0v) is 8.41. The maximum atomic E-state index is 5.63. The molecule has 0 heterocycles. The van der Waals surface area contributed by atoms with Gasteiger partial charge in [-0.05, 0) is 12.8 Å². The summed E-state index contributed by atoms with van der Waals surface area (Å²) in [6.07, 6.45) is 6.66. The summed E-state index contributed by atoms with van der Waals surface area (Å²) in [4.78, 5) is 0. The van der Waals surface area contributed by atoms with Crippen LogP contribution in [0.3, 0.4) is 0 Å². The Bertz CT molecular complexity index is 55.0. The first-order valence-electron chi connectivity index (χ1n) is 3.27. The Balaban J connectivity index is 0.000000291. The number of rotatable bonds is 0. The fraction of sp³-hybridized carbons (Fsp3) is 1.00. The van der Waals surface area contributed by atoms with Crippen LogP contribution in [0.5, 0.6) is 0 Å². The molecule has 0 aliphatic heterocycles. The monoisotopic (exact) mass is 329 g/mol. The molecule has 1 rings (SSSR count). The van der Waals surface area contributed by atoms with Crippen molar-refractivity contribution in [2.45, 2.75) is 38.1 Å². The van der Waals surface area contributed by atoms with Gasteiger partial charge in [0.2, 0.25) is 0 Å². The zero-order valence-electron chi connectivity index (χ0n) is 5.38. The van der Waals surface area contributed by atoms with Crippen LogP contribution in [0.15, 0.2) is 0 Å². The fourth-order valence-electron chi connectivity index (χ4n) is 1.13.